The lowest BCUT2D eigenvalue weighted by molar-refractivity contribution is 0.0597. The molecule has 0 aliphatic carbocycles. The second kappa shape index (κ2) is 8.33. The van der Waals surface area contributed by atoms with Crippen molar-refractivity contribution in [3.63, 3.8) is 0 Å². The van der Waals surface area contributed by atoms with Gasteiger partial charge in [0, 0.05) is 30.4 Å². The van der Waals surface area contributed by atoms with Crippen molar-refractivity contribution in [3.8, 4) is 5.75 Å². The summed E-state index contributed by atoms with van der Waals surface area (Å²) in [5.41, 5.74) is 1.93. The van der Waals surface area contributed by atoms with E-state index in [2.05, 4.69) is 18.7 Å². The van der Waals surface area contributed by atoms with Gasteiger partial charge in [0.2, 0.25) is 0 Å². The summed E-state index contributed by atoms with van der Waals surface area (Å²) >= 11 is 0. The van der Waals surface area contributed by atoms with E-state index in [4.69, 9.17) is 9.47 Å². The van der Waals surface area contributed by atoms with Gasteiger partial charge in [-0.25, -0.2) is 4.79 Å². The monoisotopic (exact) mass is 341 g/mol. The van der Waals surface area contributed by atoms with Crippen molar-refractivity contribution < 1.29 is 19.1 Å². The van der Waals surface area contributed by atoms with E-state index in [1.807, 2.05) is 12.1 Å². The molecule has 0 amide bonds. The third-order valence-corrected chi connectivity index (χ3v) is 4.14. The Kier molecular flexibility index (Phi) is 6.17. The highest BCUT2D eigenvalue weighted by Crippen LogP contribution is 2.28. The second-order valence-corrected chi connectivity index (χ2v) is 5.42. The number of esters is 1. The van der Waals surface area contributed by atoms with Crippen LogP contribution in [0.25, 0.3) is 0 Å². The zero-order valence-electron chi connectivity index (χ0n) is 15.0. The average Bonchev–Trinajstić information content (AvgIpc) is 2.67. The summed E-state index contributed by atoms with van der Waals surface area (Å²) in [5, 5.41) is 0. The first-order valence-electron chi connectivity index (χ1n) is 8.22. The van der Waals surface area contributed by atoms with Crippen molar-refractivity contribution in [2.75, 3.05) is 32.2 Å². The standard InChI is InChI=1S/C20H23NO4/c1-5-21(6-2)14-11-12-17(18(13-14)24-3)19(22)15-9-7-8-10-16(15)20(23)25-4/h7-13H,5-6H2,1-4H3. The van der Waals surface area contributed by atoms with E-state index in [9.17, 15) is 9.59 Å². The molecule has 2 rings (SSSR count). The van der Waals surface area contributed by atoms with Gasteiger partial charge >= 0.3 is 5.97 Å². The maximum Gasteiger partial charge on any atom is 0.338 e. The van der Waals surface area contributed by atoms with E-state index in [1.165, 1.54) is 14.2 Å². The van der Waals surface area contributed by atoms with Crippen LogP contribution >= 0.6 is 0 Å². The highest BCUT2D eigenvalue weighted by atomic mass is 16.5. The van der Waals surface area contributed by atoms with Crippen LogP contribution in [0.4, 0.5) is 5.69 Å². The number of carbonyl (C=O) groups excluding carboxylic acids is 2. The predicted octanol–water partition coefficient (Wildman–Crippen LogP) is 3.56. The van der Waals surface area contributed by atoms with Crippen LogP contribution in [0.1, 0.15) is 40.1 Å². The third-order valence-electron chi connectivity index (χ3n) is 4.14. The minimum absolute atomic E-state index is 0.241. The molecule has 0 heterocycles. The zero-order chi connectivity index (χ0) is 18.4. The Morgan fingerprint density at radius 2 is 1.56 bits per heavy atom. The molecule has 132 valence electrons. The van der Waals surface area contributed by atoms with Crippen LogP contribution in [0, 0.1) is 0 Å². The number of ketones is 1. The average molecular weight is 341 g/mol. The van der Waals surface area contributed by atoms with Gasteiger partial charge < -0.3 is 14.4 Å². The molecule has 2 aromatic carbocycles. The Morgan fingerprint density at radius 1 is 0.920 bits per heavy atom. The van der Waals surface area contributed by atoms with Crippen LogP contribution in [0.3, 0.4) is 0 Å². The normalized spacial score (nSPS) is 10.2. The zero-order valence-corrected chi connectivity index (χ0v) is 15.0. The third kappa shape index (κ3) is 3.82. The molecule has 0 atom stereocenters. The Morgan fingerprint density at radius 3 is 2.12 bits per heavy atom. The molecular formula is C20H23NO4. The molecule has 0 N–H and O–H groups in total. The van der Waals surface area contributed by atoms with E-state index >= 15 is 0 Å². The number of anilines is 1. The molecule has 0 radical (unpaired) electrons. The smallest absolute Gasteiger partial charge is 0.338 e. The minimum atomic E-state index is -0.539. The largest absolute Gasteiger partial charge is 0.496 e. The van der Waals surface area contributed by atoms with Crippen LogP contribution in [0.5, 0.6) is 5.75 Å². The molecule has 0 aliphatic heterocycles. The highest BCUT2D eigenvalue weighted by molar-refractivity contribution is 6.15. The Labute approximate surface area is 148 Å². The summed E-state index contributed by atoms with van der Waals surface area (Å²) in [7, 11) is 2.83. The molecule has 0 saturated heterocycles. The summed E-state index contributed by atoms with van der Waals surface area (Å²) < 4.78 is 10.2. The molecule has 0 aromatic heterocycles. The number of methoxy groups -OCH3 is 2. The molecule has 0 spiro atoms. The maximum absolute atomic E-state index is 13.0. The van der Waals surface area contributed by atoms with Crippen molar-refractivity contribution in [1.29, 1.82) is 0 Å². The van der Waals surface area contributed by atoms with Crippen LogP contribution in [-0.4, -0.2) is 39.1 Å². The minimum Gasteiger partial charge on any atom is -0.496 e. The maximum atomic E-state index is 13.0. The van der Waals surface area contributed by atoms with E-state index in [0.717, 1.165) is 18.8 Å². The highest BCUT2D eigenvalue weighted by Gasteiger charge is 2.21. The molecule has 0 bridgehead atoms. The molecule has 2 aromatic rings. The summed E-state index contributed by atoms with van der Waals surface area (Å²) in [6.45, 7) is 5.86. The molecule has 5 nitrogen and oxygen atoms in total. The number of nitrogens with zero attached hydrogens (tertiary/aromatic N) is 1. The van der Waals surface area contributed by atoms with Gasteiger partial charge in [0.15, 0.2) is 5.78 Å². The van der Waals surface area contributed by atoms with Crippen LogP contribution < -0.4 is 9.64 Å². The van der Waals surface area contributed by atoms with Gasteiger partial charge in [-0.2, -0.15) is 0 Å². The number of ether oxygens (including phenoxy) is 2. The fraction of sp³-hybridized carbons (Fsp3) is 0.300. The fourth-order valence-electron chi connectivity index (χ4n) is 2.77. The van der Waals surface area contributed by atoms with Crippen molar-refractivity contribution >= 4 is 17.4 Å². The van der Waals surface area contributed by atoms with E-state index in [0.29, 0.717) is 16.9 Å². The van der Waals surface area contributed by atoms with Crippen molar-refractivity contribution in [2.24, 2.45) is 0 Å². The van der Waals surface area contributed by atoms with Gasteiger partial charge in [-0.1, -0.05) is 18.2 Å². The lowest BCUT2D eigenvalue weighted by Gasteiger charge is -2.22. The number of carbonyl (C=O) groups is 2. The van der Waals surface area contributed by atoms with Gasteiger partial charge in [-0.15, -0.1) is 0 Å². The van der Waals surface area contributed by atoms with Gasteiger partial charge in [0.05, 0.1) is 25.3 Å². The van der Waals surface area contributed by atoms with Gasteiger partial charge in [0.25, 0.3) is 0 Å². The first-order valence-corrected chi connectivity index (χ1v) is 8.22. The summed E-state index contributed by atoms with van der Waals surface area (Å²) in [5.74, 6) is -0.333. The van der Waals surface area contributed by atoms with Crippen LogP contribution in [0.15, 0.2) is 42.5 Å². The molecule has 25 heavy (non-hydrogen) atoms. The molecule has 5 heteroatoms. The van der Waals surface area contributed by atoms with Crippen molar-refractivity contribution in [2.45, 2.75) is 13.8 Å². The molecule has 0 aliphatic rings. The van der Waals surface area contributed by atoms with E-state index in [-0.39, 0.29) is 11.3 Å². The first kappa shape index (κ1) is 18.5. The number of hydrogen-bond donors (Lipinski definition) is 0. The summed E-state index contributed by atoms with van der Waals surface area (Å²) in [4.78, 5) is 27.1. The predicted molar refractivity (Wildman–Crippen MR) is 97.8 cm³/mol. The molecular weight excluding hydrogens is 318 g/mol. The molecule has 0 fully saturated rings. The lowest BCUT2D eigenvalue weighted by Crippen LogP contribution is -2.22. The lowest BCUT2D eigenvalue weighted by atomic mass is 9.97. The Hall–Kier alpha value is -2.82. The van der Waals surface area contributed by atoms with Crippen molar-refractivity contribution in [3.05, 3.63) is 59.2 Å². The van der Waals surface area contributed by atoms with Gasteiger partial charge in [-0.3, -0.25) is 4.79 Å². The first-order chi connectivity index (χ1) is 12.1. The SMILES string of the molecule is CCN(CC)c1ccc(C(=O)c2ccccc2C(=O)OC)c(OC)c1. The van der Waals surface area contributed by atoms with Crippen LogP contribution in [-0.2, 0) is 4.74 Å². The Bertz CT molecular complexity index is 766. The van der Waals surface area contributed by atoms with Crippen LogP contribution in [0.2, 0.25) is 0 Å². The fourth-order valence-corrected chi connectivity index (χ4v) is 2.77. The second-order valence-electron chi connectivity index (χ2n) is 5.42. The molecule has 0 saturated carbocycles. The van der Waals surface area contributed by atoms with Crippen molar-refractivity contribution in [1.82, 2.24) is 0 Å². The number of hydrogen-bond acceptors (Lipinski definition) is 5. The van der Waals surface area contributed by atoms with Gasteiger partial charge in [-0.05, 0) is 32.0 Å². The summed E-state index contributed by atoms with van der Waals surface area (Å²) in [6.07, 6.45) is 0. The Balaban J connectivity index is 2.49. The summed E-state index contributed by atoms with van der Waals surface area (Å²) in [6, 6.07) is 12.1. The number of benzene rings is 2. The van der Waals surface area contributed by atoms with Gasteiger partial charge in [0.1, 0.15) is 5.75 Å². The quantitative estimate of drug-likeness (QED) is 0.569. The topological polar surface area (TPSA) is 55.8 Å². The number of rotatable bonds is 7. The van der Waals surface area contributed by atoms with E-state index in [1.54, 1.807) is 30.3 Å². The molecule has 0 unspecified atom stereocenters. The van der Waals surface area contributed by atoms with E-state index < -0.39 is 5.97 Å².